The topological polar surface area (TPSA) is 66.9 Å². The van der Waals surface area contributed by atoms with E-state index in [1.54, 1.807) is 12.1 Å². The van der Waals surface area contributed by atoms with Gasteiger partial charge in [-0.3, -0.25) is 14.6 Å². The number of hydrogen-bond donors (Lipinski definition) is 1. The van der Waals surface area contributed by atoms with Crippen molar-refractivity contribution in [2.24, 2.45) is 0 Å². The summed E-state index contributed by atoms with van der Waals surface area (Å²) in [6.45, 7) is 9.08. The van der Waals surface area contributed by atoms with E-state index < -0.39 is 17.3 Å². The van der Waals surface area contributed by atoms with E-state index in [9.17, 15) is 18.0 Å². The van der Waals surface area contributed by atoms with Crippen molar-refractivity contribution in [3.05, 3.63) is 93.5 Å². The van der Waals surface area contributed by atoms with Gasteiger partial charge < -0.3 is 14.8 Å². The standard InChI is InChI=1S/C39H42BrF3N4O3/c1-25(2)50-33-23-29(40)22-32-35(33)34(37(48)45-38(13-14-38)27-8-4-3-5-9-27)31(36(44-32)26-7-6-10-28(21-26)39(41,42)43)24-46-15-11-30(12-16-46)47-17-19-49-20-18-47/h3-10,21-23,25,30H,11-20,24H2,1-2H3,(H,45,48). The van der Waals surface area contributed by atoms with Gasteiger partial charge in [-0.1, -0.05) is 58.4 Å². The Balaban J connectivity index is 1.38. The molecule has 3 aliphatic rings. The van der Waals surface area contributed by atoms with E-state index in [2.05, 4.69) is 31.0 Å². The molecule has 3 fully saturated rings. The second-order valence-electron chi connectivity index (χ2n) is 13.9. The van der Waals surface area contributed by atoms with Crippen LogP contribution in [0.5, 0.6) is 5.75 Å². The summed E-state index contributed by atoms with van der Waals surface area (Å²) in [5.74, 6) is 0.204. The molecule has 50 heavy (non-hydrogen) atoms. The van der Waals surface area contributed by atoms with Crippen LogP contribution in [-0.2, 0) is 23.0 Å². The SMILES string of the molecule is CC(C)Oc1cc(Br)cc2nc(-c3cccc(C(F)(F)F)c3)c(CN3CCC(N4CCOCC4)CC3)c(C(=O)NC3(c4ccccc4)CC3)c12. The molecule has 11 heteroatoms. The number of nitrogens with one attached hydrogen (secondary N) is 1. The number of aromatic nitrogens is 1. The van der Waals surface area contributed by atoms with Crippen LogP contribution in [0, 0.1) is 0 Å². The maximum Gasteiger partial charge on any atom is 0.416 e. The first-order chi connectivity index (χ1) is 24.0. The van der Waals surface area contributed by atoms with Crippen molar-refractivity contribution in [2.45, 2.75) is 69.9 Å². The largest absolute Gasteiger partial charge is 0.490 e. The van der Waals surface area contributed by atoms with Crippen LogP contribution in [0.4, 0.5) is 13.2 Å². The number of nitrogens with zero attached hydrogens (tertiary/aromatic N) is 3. The fraction of sp³-hybridized carbons (Fsp3) is 0.436. The minimum Gasteiger partial charge on any atom is -0.490 e. The number of alkyl halides is 3. The Bertz CT molecular complexity index is 1850. The summed E-state index contributed by atoms with van der Waals surface area (Å²) in [5.41, 5.74) is 1.87. The molecule has 2 saturated heterocycles. The highest BCUT2D eigenvalue weighted by Gasteiger charge is 2.46. The van der Waals surface area contributed by atoms with Gasteiger partial charge in [-0.15, -0.1) is 0 Å². The fourth-order valence-corrected chi connectivity index (χ4v) is 7.88. The molecule has 7 nitrogen and oxygen atoms in total. The molecule has 0 bridgehead atoms. The van der Waals surface area contributed by atoms with E-state index in [1.807, 2.05) is 50.2 Å². The van der Waals surface area contributed by atoms with Crippen LogP contribution in [0.2, 0.25) is 0 Å². The lowest BCUT2D eigenvalue weighted by Crippen LogP contribution is -2.48. The molecule has 1 aliphatic carbocycles. The highest BCUT2D eigenvalue weighted by Crippen LogP contribution is 2.47. The van der Waals surface area contributed by atoms with Gasteiger partial charge >= 0.3 is 6.18 Å². The number of carbonyl (C=O) groups is 1. The Morgan fingerprint density at radius 1 is 1.02 bits per heavy atom. The maximum atomic E-state index is 14.9. The second kappa shape index (κ2) is 14.3. The number of morpholine rings is 1. The van der Waals surface area contributed by atoms with Gasteiger partial charge in [0.15, 0.2) is 0 Å². The van der Waals surface area contributed by atoms with Crippen LogP contribution >= 0.6 is 15.9 Å². The second-order valence-corrected chi connectivity index (χ2v) is 14.8. The summed E-state index contributed by atoms with van der Waals surface area (Å²) in [5, 5.41) is 3.93. The van der Waals surface area contributed by atoms with E-state index in [-0.39, 0.29) is 12.0 Å². The predicted molar refractivity (Wildman–Crippen MR) is 191 cm³/mol. The zero-order chi connectivity index (χ0) is 35.0. The first-order valence-electron chi connectivity index (χ1n) is 17.4. The van der Waals surface area contributed by atoms with Crippen molar-refractivity contribution >= 4 is 32.7 Å². The zero-order valence-corrected chi connectivity index (χ0v) is 29.9. The molecule has 0 atom stereocenters. The van der Waals surface area contributed by atoms with Gasteiger partial charge in [0, 0.05) is 41.3 Å². The molecule has 0 spiro atoms. The van der Waals surface area contributed by atoms with Gasteiger partial charge in [-0.05, 0) is 82.4 Å². The Kier molecular flexibility index (Phi) is 9.95. The van der Waals surface area contributed by atoms with E-state index in [0.29, 0.717) is 56.1 Å². The number of hydrogen-bond acceptors (Lipinski definition) is 6. The molecule has 1 saturated carbocycles. The first-order valence-corrected chi connectivity index (χ1v) is 18.2. The molecule has 1 aromatic heterocycles. The van der Waals surface area contributed by atoms with Gasteiger partial charge in [-0.2, -0.15) is 13.2 Å². The number of halogens is 4. The fourth-order valence-electron chi connectivity index (χ4n) is 7.45. The quantitative estimate of drug-likeness (QED) is 0.186. The minimum absolute atomic E-state index is 0.201. The Morgan fingerprint density at radius 2 is 1.74 bits per heavy atom. The lowest BCUT2D eigenvalue weighted by Gasteiger charge is -2.40. The summed E-state index contributed by atoms with van der Waals surface area (Å²) >= 11 is 3.59. The number of likely N-dealkylation sites (tertiary alicyclic amines) is 1. The number of fused-ring (bicyclic) bond motifs is 1. The lowest BCUT2D eigenvalue weighted by molar-refractivity contribution is -0.137. The predicted octanol–water partition coefficient (Wildman–Crippen LogP) is 8.19. The van der Waals surface area contributed by atoms with Gasteiger partial charge in [0.25, 0.3) is 5.91 Å². The summed E-state index contributed by atoms with van der Waals surface area (Å²) < 4.78 is 54.8. The Labute approximate surface area is 299 Å². The van der Waals surface area contributed by atoms with Gasteiger partial charge in [0.05, 0.1) is 52.6 Å². The molecule has 264 valence electrons. The third-order valence-electron chi connectivity index (χ3n) is 10.1. The number of rotatable bonds is 9. The summed E-state index contributed by atoms with van der Waals surface area (Å²) in [6, 6.07) is 19.3. The summed E-state index contributed by atoms with van der Waals surface area (Å²) in [6.07, 6.45) is -1.26. The molecule has 3 heterocycles. The number of ether oxygens (including phenoxy) is 2. The van der Waals surface area contributed by atoms with E-state index in [1.165, 1.54) is 6.07 Å². The van der Waals surface area contributed by atoms with Crippen LogP contribution in [0.25, 0.3) is 22.2 Å². The van der Waals surface area contributed by atoms with E-state index in [4.69, 9.17) is 14.5 Å². The Morgan fingerprint density at radius 3 is 2.40 bits per heavy atom. The third-order valence-corrected chi connectivity index (χ3v) is 10.6. The molecule has 3 aromatic carbocycles. The van der Waals surface area contributed by atoms with Crippen molar-refractivity contribution in [1.29, 1.82) is 0 Å². The molecule has 0 unspecified atom stereocenters. The molecule has 0 radical (unpaired) electrons. The number of amides is 1. The number of carbonyl (C=O) groups excluding carboxylic acids is 1. The zero-order valence-electron chi connectivity index (χ0n) is 28.4. The number of benzene rings is 3. The van der Waals surface area contributed by atoms with Crippen LogP contribution in [0.3, 0.4) is 0 Å². The molecular formula is C39H42BrF3N4O3. The normalized spacial score (nSPS) is 18.8. The van der Waals surface area contributed by atoms with Gasteiger partial charge in [-0.25, -0.2) is 4.98 Å². The highest BCUT2D eigenvalue weighted by molar-refractivity contribution is 9.10. The van der Waals surface area contributed by atoms with Crippen molar-refractivity contribution < 1.29 is 27.4 Å². The van der Waals surface area contributed by atoms with Crippen molar-refractivity contribution in [3.8, 4) is 17.0 Å². The van der Waals surface area contributed by atoms with Crippen LogP contribution in [-0.4, -0.2) is 72.2 Å². The van der Waals surface area contributed by atoms with E-state index >= 15 is 0 Å². The van der Waals surface area contributed by atoms with Crippen molar-refractivity contribution in [2.75, 3.05) is 39.4 Å². The number of pyridine rings is 1. The molecule has 4 aromatic rings. The van der Waals surface area contributed by atoms with Crippen LogP contribution in [0.15, 0.2) is 71.2 Å². The first kappa shape index (κ1) is 34.9. The van der Waals surface area contributed by atoms with Crippen molar-refractivity contribution in [1.82, 2.24) is 20.1 Å². The summed E-state index contributed by atoms with van der Waals surface area (Å²) in [7, 11) is 0. The average Bonchev–Trinajstić information content (AvgIpc) is 3.89. The lowest BCUT2D eigenvalue weighted by atomic mass is 9.92. The molecular weight excluding hydrogens is 709 g/mol. The Hall–Kier alpha value is -3.51. The third kappa shape index (κ3) is 7.42. The molecule has 1 amide bonds. The monoisotopic (exact) mass is 750 g/mol. The smallest absolute Gasteiger partial charge is 0.416 e. The van der Waals surface area contributed by atoms with Gasteiger partial charge in [0.2, 0.25) is 0 Å². The van der Waals surface area contributed by atoms with E-state index in [0.717, 1.165) is 82.8 Å². The van der Waals surface area contributed by atoms with Crippen LogP contribution in [0.1, 0.15) is 66.6 Å². The minimum atomic E-state index is -4.54. The number of piperidine rings is 1. The molecule has 2 aliphatic heterocycles. The molecule has 7 rings (SSSR count). The van der Waals surface area contributed by atoms with Gasteiger partial charge in [0.1, 0.15) is 5.75 Å². The highest BCUT2D eigenvalue weighted by atomic mass is 79.9. The maximum absolute atomic E-state index is 14.9. The van der Waals surface area contributed by atoms with Crippen LogP contribution < -0.4 is 10.1 Å². The van der Waals surface area contributed by atoms with Crippen molar-refractivity contribution in [3.63, 3.8) is 0 Å². The summed E-state index contributed by atoms with van der Waals surface area (Å²) in [4.78, 5) is 24.8. The molecule has 1 N–H and O–H groups in total. The average molecular weight is 752 g/mol.